The summed E-state index contributed by atoms with van der Waals surface area (Å²) in [5.41, 5.74) is 0. The van der Waals surface area contributed by atoms with Crippen molar-refractivity contribution in [3.8, 4) is 0 Å². The lowest BCUT2D eigenvalue weighted by Crippen LogP contribution is -2.49. The molecule has 0 bridgehead atoms. The van der Waals surface area contributed by atoms with Crippen LogP contribution in [0.1, 0.15) is 32.6 Å². The van der Waals surface area contributed by atoms with E-state index < -0.39 is 0 Å². The van der Waals surface area contributed by atoms with Gasteiger partial charge in [-0.05, 0) is 38.5 Å². The van der Waals surface area contributed by atoms with E-state index in [4.69, 9.17) is 9.47 Å². The van der Waals surface area contributed by atoms with Crippen molar-refractivity contribution in [1.29, 1.82) is 0 Å². The van der Waals surface area contributed by atoms with E-state index in [-0.39, 0.29) is 18.2 Å². The van der Waals surface area contributed by atoms with Crippen molar-refractivity contribution in [3.05, 3.63) is 0 Å². The molecule has 2 unspecified atom stereocenters. The van der Waals surface area contributed by atoms with Crippen LogP contribution in [-0.4, -0.2) is 57.5 Å². The second-order valence-electron chi connectivity index (χ2n) is 5.78. The van der Waals surface area contributed by atoms with Crippen molar-refractivity contribution in [2.45, 2.75) is 44.8 Å². The molecule has 2 atom stereocenters. The smallest absolute Gasteiger partial charge is 0.407 e. The van der Waals surface area contributed by atoms with Crippen LogP contribution in [0.5, 0.6) is 0 Å². The maximum atomic E-state index is 11.6. The quantitative estimate of drug-likeness (QED) is 0.479. The number of hydrogen-bond donors (Lipinski definition) is 3. The summed E-state index contributed by atoms with van der Waals surface area (Å²) in [4.78, 5) is 15.8. The van der Waals surface area contributed by atoms with Crippen LogP contribution in [0, 0.1) is 5.92 Å². The maximum absolute atomic E-state index is 11.6. The monoisotopic (exact) mass is 312 g/mol. The van der Waals surface area contributed by atoms with E-state index in [1.807, 2.05) is 0 Å². The first-order valence-electron chi connectivity index (χ1n) is 8.22. The standard InChI is InChI=1S/C15H28N4O3/c1-3-21-15(20)19-13(11-6-7-11)10-18-14(16-2)17-9-12-5-4-8-22-12/h11-13H,3-10H2,1-2H3,(H,19,20)(H2,16,17,18). The molecule has 126 valence electrons. The van der Waals surface area contributed by atoms with Crippen LogP contribution in [0.25, 0.3) is 0 Å². The average molecular weight is 312 g/mol. The van der Waals surface area contributed by atoms with Gasteiger partial charge >= 0.3 is 6.09 Å². The molecular weight excluding hydrogens is 284 g/mol. The molecule has 2 fully saturated rings. The van der Waals surface area contributed by atoms with E-state index in [0.717, 1.165) is 44.8 Å². The summed E-state index contributed by atoms with van der Waals surface area (Å²) in [5.74, 6) is 1.28. The number of ether oxygens (including phenoxy) is 2. The molecule has 1 saturated heterocycles. The Kier molecular flexibility index (Phi) is 6.76. The number of amides is 1. The number of carbonyl (C=O) groups is 1. The lowest BCUT2D eigenvalue weighted by Gasteiger charge is -2.21. The van der Waals surface area contributed by atoms with Gasteiger partial charge in [0.1, 0.15) is 0 Å². The van der Waals surface area contributed by atoms with Gasteiger partial charge in [-0.3, -0.25) is 4.99 Å². The van der Waals surface area contributed by atoms with Crippen molar-refractivity contribution < 1.29 is 14.3 Å². The van der Waals surface area contributed by atoms with Crippen LogP contribution in [0.3, 0.4) is 0 Å². The summed E-state index contributed by atoms with van der Waals surface area (Å²) >= 11 is 0. The zero-order valence-electron chi connectivity index (χ0n) is 13.6. The van der Waals surface area contributed by atoms with E-state index in [1.54, 1.807) is 14.0 Å². The highest BCUT2D eigenvalue weighted by molar-refractivity contribution is 5.79. The van der Waals surface area contributed by atoms with Crippen LogP contribution in [-0.2, 0) is 9.47 Å². The summed E-state index contributed by atoms with van der Waals surface area (Å²) < 4.78 is 10.5. The van der Waals surface area contributed by atoms with E-state index in [0.29, 0.717) is 19.1 Å². The molecule has 22 heavy (non-hydrogen) atoms. The molecule has 7 heteroatoms. The Balaban J connectivity index is 1.70. The second-order valence-corrected chi connectivity index (χ2v) is 5.78. The molecule has 0 radical (unpaired) electrons. The van der Waals surface area contributed by atoms with Gasteiger partial charge in [0.2, 0.25) is 0 Å². The number of hydrogen-bond acceptors (Lipinski definition) is 4. The lowest BCUT2D eigenvalue weighted by molar-refractivity contribution is 0.114. The topological polar surface area (TPSA) is 84.0 Å². The molecule has 3 N–H and O–H groups in total. The summed E-state index contributed by atoms with van der Waals surface area (Å²) in [7, 11) is 1.75. The number of nitrogens with one attached hydrogen (secondary N) is 3. The summed E-state index contributed by atoms with van der Waals surface area (Å²) in [6.07, 6.45) is 4.46. The first-order valence-corrected chi connectivity index (χ1v) is 8.22. The predicted octanol–water partition coefficient (Wildman–Crippen LogP) is 0.855. The molecule has 0 aromatic heterocycles. The fraction of sp³-hybridized carbons (Fsp3) is 0.867. The van der Waals surface area contributed by atoms with Crippen molar-refractivity contribution in [1.82, 2.24) is 16.0 Å². The SMILES string of the molecule is CCOC(=O)NC(CNC(=NC)NCC1CCCO1)C1CC1. The summed E-state index contributed by atoms with van der Waals surface area (Å²) in [6, 6.07) is 0.0836. The van der Waals surface area contributed by atoms with Gasteiger partial charge in [-0.25, -0.2) is 4.79 Å². The van der Waals surface area contributed by atoms with Crippen molar-refractivity contribution in [3.63, 3.8) is 0 Å². The highest BCUT2D eigenvalue weighted by Gasteiger charge is 2.32. The van der Waals surface area contributed by atoms with Crippen LogP contribution >= 0.6 is 0 Å². The minimum atomic E-state index is -0.344. The number of nitrogens with zero attached hydrogens (tertiary/aromatic N) is 1. The number of rotatable bonds is 7. The summed E-state index contributed by atoms with van der Waals surface area (Å²) in [6.45, 7) is 4.46. The van der Waals surface area contributed by atoms with Crippen LogP contribution in [0.4, 0.5) is 4.79 Å². The highest BCUT2D eigenvalue weighted by atomic mass is 16.5. The Morgan fingerprint density at radius 2 is 2.18 bits per heavy atom. The van der Waals surface area contributed by atoms with Gasteiger partial charge < -0.3 is 25.4 Å². The minimum absolute atomic E-state index is 0.0836. The third-order valence-electron chi connectivity index (χ3n) is 4.00. The minimum Gasteiger partial charge on any atom is -0.450 e. The van der Waals surface area contributed by atoms with Crippen LogP contribution in [0.2, 0.25) is 0 Å². The Morgan fingerprint density at radius 3 is 2.77 bits per heavy atom. The van der Waals surface area contributed by atoms with E-state index in [2.05, 4.69) is 20.9 Å². The average Bonchev–Trinajstić information content (AvgIpc) is 3.23. The van der Waals surface area contributed by atoms with Crippen LogP contribution in [0.15, 0.2) is 4.99 Å². The lowest BCUT2D eigenvalue weighted by atomic mass is 10.2. The number of alkyl carbamates (subject to hydrolysis) is 1. The van der Waals surface area contributed by atoms with Crippen LogP contribution < -0.4 is 16.0 Å². The molecule has 0 aromatic rings. The molecule has 7 nitrogen and oxygen atoms in total. The highest BCUT2D eigenvalue weighted by Crippen LogP contribution is 2.32. The zero-order valence-corrected chi connectivity index (χ0v) is 13.6. The summed E-state index contributed by atoms with van der Waals surface area (Å²) in [5, 5.41) is 9.48. The normalized spacial score (nSPS) is 23.0. The van der Waals surface area contributed by atoms with Gasteiger partial charge in [0.05, 0.1) is 18.8 Å². The Labute approximate surface area is 132 Å². The second kappa shape index (κ2) is 8.82. The molecule has 1 aliphatic carbocycles. The van der Waals surface area contributed by atoms with Gasteiger partial charge in [0.15, 0.2) is 5.96 Å². The predicted molar refractivity (Wildman–Crippen MR) is 85.0 cm³/mol. The molecule has 0 spiro atoms. The van der Waals surface area contributed by atoms with E-state index in [9.17, 15) is 4.79 Å². The molecule has 2 rings (SSSR count). The fourth-order valence-electron chi connectivity index (χ4n) is 2.60. The molecule has 0 aromatic carbocycles. The van der Waals surface area contributed by atoms with Gasteiger partial charge in [0, 0.05) is 26.7 Å². The van der Waals surface area contributed by atoms with Crippen molar-refractivity contribution in [2.75, 3.05) is 33.4 Å². The number of aliphatic imine (C=N–C) groups is 1. The first kappa shape index (κ1) is 16.9. The van der Waals surface area contributed by atoms with E-state index >= 15 is 0 Å². The van der Waals surface area contributed by atoms with Gasteiger partial charge in [-0.1, -0.05) is 0 Å². The maximum Gasteiger partial charge on any atom is 0.407 e. The fourth-order valence-corrected chi connectivity index (χ4v) is 2.60. The number of carbonyl (C=O) groups excluding carboxylic acids is 1. The molecule has 1 amide bonds. The molecule has 1 aliphatic heterocycles. The third kappa shape index (κ3) is 5.71. The molecule has 1 heterocycles. The molecule has 2 aliphatic rings. The largest absolute Gasteiger partial charge is 0.450 e. The Bertz CT molecular complexity index is 379. The first-order chi connectivity index (χ1) is 10.7. The molecular formula is C15H28N4O3. The zero-order chi connectivity index (χ0) is 15.8. The Hall–Kier alpha value is -1.50. The Morgan fingerprint density at radius 1 is 1.36 bits per heavy atom. The van der Waals surface area contributed by atoms with Crippen molar-refractivity contribution in [2.24, 2.45) is 10.9 Å². The third-order valence-corrected chi connectivity index (χ3v) is 4.00. The number of guanidine groups is 1. The molecule has 1 saturated carbocycles. The van der Waals surface area contributed by atoms with Gasteiger partial charge in [-0.15, -0.1) is 0 Å². The van der Waals surface area contributed by atoms with Crippen molar-refractivity contribution >= 4 is 12.1 Å². The van der Waals surface area contributed by atoms with Gasteiger partial charge in [0.25, 0.3) is 0 Å². The van der Waals surface area contributed by atoms with E-state index in [1.165, 1.54) is 0 Å². The van der Waals surface area contributed by atoms with Gasteiger partial charge in [-0.2, -0.15) is 0 Å².